The monoisotopic (exact) mass is 366 g/mol. The number of ether oxygens (including phenoxy) is 3. The predicted molar refractivity (Wildman–Crippen MR) is 84.9 cm³/mol. The third-order valence-corrected chi connectivity index (χ3v) is 3.38. The first-order valence-electron chi connectivity index (χ1n) is 7.41. The van der Waals surface area contributed by atoms with Gasteiger partial charge in [0.15, 0.2) is 17.2 Å². The highest BCUT2D eigenvalue weighted by Gasteiger charge is 2.43. The minimum Gasteiger partial charge on any atom is -0.487 e. The molecule has 0 aromatic heterocycles. The van der Waals surface area contributed by atoms with Crippen molar-refractivity contribution in [3.8, 4) is 17.2 Å². The lowest BCUT2D eigenvalue weighted by Gasteiger charge is -2.08. The summed E-state index contributed by atoms with van der Waals surface area (Å²) in [6.45, 7) is 1.90. The fraction of sp³-hybridized carbons (Fsp3) is 0.188. The van der Waals surface area contributed by atoms with Gasteiger partial charge in [0, 0.05) is 23.4 Å². The first-order chi connectivity index (χ1) is 12.3. The minimum atomic E-state index is -3.76. The Morgan fingerprint density at radius 1 is 1.23 bits per heavy atom. The van der Waals surface area contributed by atoms with E-state index < -0.39 is 17.1 Å². The molecule has 1 heterocycles. The van der Waals surface area contributed by atoms with E-state index >= 15 is 0 Å². The molecule has 8 nitrogen and oxygen atoms in total. The summed E-state index contributed by atoms with van der Waals surface area (Å²) >= 11 is 0. The SMILES string of the molecule is CCOc1ccc(C(=O)Nc2ccc3c(c2)OC(F)(F)O3)cc1[N+](=O)[O-]. The number of benzene rings is 2. The molecule has 26 heavy (non-hydrogen) atoms. The van der Waals surface area contributed by atoms with Gasteiger partial charge in [-0.05, 0) is 31.2 Å². The highest BCUT2D eigenvalue weighted by molar-refractivity contribution is 6.05. The Labute approximate surface area is 145 Å². The topological polar surface area (TPSA) is 99.9 Å². The lowest BCUT2D eigenvalue weighted by Crippen LogP contribution is -2.25. The molecule has 2 aromatic carbocycles. The molecule has 10 heteroatoms. The normalized spacial score (nSPS) is 14.0. The van der Waals surface area contributed by atoms with Gasteiger partial charge >= 0.3 is 12.0 Å². The molecular formula is C16H12F2N2O6. The van der Waals surface area contributed by atoms with E-state index in [9.17, 15) is 23.7 Å². The van der Waals surface area contributed by atoms with Crippen molar-refractivity contribution < 1.29 is 32.7 Å². The second-order valence-corrected chi connectivity index (χ2v) is 5.16. The molecule has 1 aliphatic rings. The lowest BCUT2D eigenvalue weighted by atomic mass is 10.1. The largest absolute Gasteiger partial charge is 0.586 e. The van der Waals surface area contributed by atoms with E-state index in [1.807, 2.05) is 0 Å². The first-order valence-corrected chi connectivity index (χ1v) is 7.41. The Bertz CT molecular complexity index is 887. The van der Waals surface area contributed by atoms with E-state index in [0.717, 1.165) is 12.1 Å². The van der Waals surface area contributed by atoms with Crippen molar-refractivity contribution in [1.82, 2.24) is 0 Å². The molecule has 0 atom stereocenters. The van der Waals surface area contributed by atoms with Gasteiger partial charge in [-0.25, -0.2) is 0 Å². The van der Waals surface area contributed by atoms with Crippen LogP contribution in [0, 0.1) is 10.1 Å². The third-order valence-electron chi connectivity index (χ3n) is 3.38. The summed E-state index contributed by atoms with van der Waals surface area (Å²) in [7, 11) is 0. The Morgan fingerprint density at radius 2 is 1.96 bits per heavy atom. The zero-order valence-corrected chi connectivity index (χ0v) is 13.3. The van der Waals surface area contributed by atoms with Gasteiger partial charge in [0.25, 0.3) is 5.91 Å². The third kappa shape index (κ3) is 3.48. The molecule has 0 saturated heterocycles. The zero-order chi connectivity index (χ0) is 18.9. The second-order valence-electron chi connectivity index (χ2n) is 5.16. The number of rotatable bonds is 5. The Kier molecular flexibility index (Phi) is 4.33. The van der Waals surface area contributed by atoms with Crippen LogP contribution in [0.15, 0.2) is 36.4 Å². The summed E-state index contributed by atoms with van der Waals surface area (Å²) in [5.41, 5.74) is -0.195. The number of nitro groups is 1. The number of nitro benzene ring substituents is 1. The molecule has 2 aromatic rings. The van der Waals surface area contributed by atoms with Crippen LogP contribution in [-0.4, -0.2) is 23.7 Å². The number of hydrogen-bond donors (Lipinski definition) is 1. The van der Waals surface area contributed by atoms with Crippen molar-refractivity contribution in [3.63, 3.8) is 0 Å². The maximum absolute atomic E-state index is 13.0. The van der Waals surface area contributed by atoms with Crippen LogP contribution in [0.1, 0.15) is 17.3 Å². The van der Waals surface area contributed by atoms with E-state index in [4.69, 9.17) is 4.74 Å². The molecule has 1 aliphatic heterocycles. The average Bonchev–Trinajstić information content (AvgIpc) is 2.88. The summed E-state index contributed by atoms with van der Waals surface area (Å²) < 4.78 is 39.7. The maximum atomic E-state index is 13.0. The Balaban J connectivity index is 1.81. The number of anilines is 1. The average molecular weight is 366 g/mol. The molecule has 0 fully saturated rings. The summed E-state index contributed by atoms with van der Waals surface area (Å²) in [4.78, 5) is 22.7. The molecular weight excluding hydrogens is 354 g/mol. The Morgan fingerprint density at radius 3 is 2.65 bits per heavy atom. The number of carbonyl (C=O) groups excluding carboxylic acids is 1. The van der Waals surface area contributed by atoms with E-state index in [1.165, 1.54) is 24.3 Å². The van der Waals surface area contributed by atoms with Gasteiger partial charge in [-0.1, -0.05) is 0 Å². The number of fused-ring (bicyclic) bond motifs is 1. The van der Waals surface area contributed by atoms with Gasteiger partial charge in [0.2, 0.25) is 0 Å². The van der Waals surface area contributed by atoms with Crippen LogP contribution >= 0.6 is 0 Å². The van der Waals surface area contributed by atoms with E-state index in [-0.39, 0.29) is 40.8 Å². The number of halogens is 2. The number of amides is 1. The van der Waals surface area contributed by atoms with Gasteiger partial charge in [-0.15, -0.1) is 8.78 Å². The van der Waals surface area contributed by atoms with Crippen molar-refractivity contribution >= 4 is 17.3 Å². The van der Waals surface area contributed by atoms with Crippen LogP contribution in [-0.2, 0) is 0 Å². The van der Waals surface area contributed by atoms with E-state index in [2.05, 4.69) is 14.8 Å². The zero-order valence-electron chi connectivity index (χ0n) is 13.3. The fourth-order valence-corrected chi connectivity index (χ4v) is 2.31. The van der Waals surface area contributed by atoms with E-state index in [1.54, 1.807) is 6.92 Å². The highest BCUT2D eigenvalue weighted by Crippen LogP contribution is 2.42. The van der Waals surface area contributed by atoms with Gasteiger partial charge in [0.1, 0.15) is 0 Å². The molecule has 1 amide bonds. The van der Waals surface area contributed by atoms with Crippen molar-refractivity contribution in [1.29, 1.82) is 0 Å². The number of hydrogen-bond acceptors (Lipinski definition) is 6. The van der Waals surface area contributed by atoms with Gasteiger partial charge in [-0.3, -0.25) is 14.9 Å². The molecule has 0 spiro atoms. The van der Waals surface area contributed by atoms with Gasteiger partial charge < -0.3 is 19.5 Å². The van der Waals surface area contributed by atoms with Crippen LogP contribution < -0.4 is 19.5 Å². The summed E-state index contributed by atoms with van der Waals surface area (Å²) in [5.74, 6) is -1.02. The van der Waals surface area contributed by atoms with Crippen LogP contribution in [0.25, 0.3) is 0 Å². The Hall–Kier alpha value is -3.43. The second kappa shape index (κ2) is 6.47. The van der Waals surface area contributed by atoms with Crippen LogP contribution in [0.4, 0.5) is 20.2 Å². The van der Waals surface area contributed by atoms with Crippen LogP contribution in [0.5, 0.6) is 17.2 Å². The molecule has 136 valence electrons. The summed E-state index contributed by atoms with van der Waals surface area (Å²) in [6.07, 6.45) is -3.76. The van der Waals surface area contributed by atoms with Gasteiger partial charge in [0.05, 0.1) is 11.5 Å². The molecule has 0 radical (unpaired) electrons. The molecule has 0 saturated carbocycles. The number of carbonyl (C=O) groups is 1. The molecule has 0 unspecified atom stereocenters. The van der Waals surface area contributed by atoms with Crippen molar-refractivity contribution in [2.45, 2.75) is 13.2 Å². The molecule has 3 rings (SSSR count). The first kappa shape index (κ1) is 17.4. The van der Waals surface area contributed by atoms with Crippen molar-refractivity contribution in [2.75, 3.05) is 11.9 Å². The number of nitrogens with zero attached hydrogens (tertiary/aromatic N) is 1. The van der Waals surface area contributed by atoms with Crippen molar-refractivity contribution in [2.24, 2.45) is 0 Å². The minimum absolute atomic E-state index is 0.00292. The number of nitrogens with one attached hydrogen (secondary N) is 1. The fourth-order valence-electron chi connectivity index (χ4n) is 2.31. The highest BCUT2D eigenvalue weighted by atomic mass is 19.3. The quantitative estimate of drug-likeness (QED) is 0.641. The van der Waals surface area contributed by atoms with Crippen molar-refractivity contribution in [3.05, 3.63) is 52.1 Å². The predicted octanol–water partition coefficient (Wildman–Crippen LogP) is 3.57. The van der Waals surface area contributed by atoms with E-state index in [0.29, 0.717) is 0 Å². The molecule has 1 N–H and O–H groups in total. The summed E-state index contributed by atoms with van der Waals surface area (Å²) in [5, 5.41) is 13.6. The number of alkyl halides is 2. The lowest BCUT2D eigenvalue weighted by molar-refractivity contribution is -0.385. The van der Waals surface area contributed by atoms with Crippen LogP contribution in [0.2, 0.25) is 0 Å². The summed E-state index contributed by atoms with van der Waals surface area (Å²) in [6, 6.07) is 7.46. The molecule has 0 bridgehead atoms. The van der Waals surface area contributed by atoms with Crippen LogP contribution in [0.3, 0.4) is 0 Å². The standard InChI is InChI=1S/C16H12F2N2O6/c1-2-24-12-5-3-9(7-11(12)20(22)23)15(21)19-10-4-6-13-14(8-10)26-16(17,18)25-13/h3-8H,2H2,1H3,(H,19,21). The maximum Gasteiger partial charge on any atom is 0.586 e. The molecule has 0 aliphatic carbocycles. The van der Waals surface area contributed by atoms with Gasteiger partial charge in [-0.2, -0.15) is 0 Å². The smallest absolute Gasteiger partial charge is 0.487 e.